The maximum absolute atomic E-state index is 12.2. The summed E-state index contributed by atoms with van der Waals surface area (Å²) in [5.41, 5.74) is 7.79. The highest BCUT2D eigenvalue weighted by molar-refractivity contribution is 5.96. The van der Waals surface area contributed by atoms with Crippen LogP contribution in [0.25, 0.3) is 0 Å². The zero-order valence-corrected chi connectivity index (χ0v) is 23.3. The highest BCUT2D eigenvalue weighted by Gasteiger charge is 2.28. The molecule has 1 aliphatic carbocycles. The molecule has 2 saturated heterocycles. The molecule has 0 radical (unpaired) electrons. The molecule has 1 atom stereocenters. The van der Waals surface area contributed by atoms with Gasteiger partial charge in [-0.15, -0.1) is 10.2 Å². The number of piperidine rings is 2. The van der Waals surface area contributed by atoms with Crippen molar-refractivity contribution in [1.29, 1.82) is 0 Å². The predicted molar refractivity (Wildman–Crippen MR) is 152 cm³/mol. The minimum atomic E-state index is -0.678. The average Bonchev–Trinajstić information content (AvgIpc) is 3.49. The Bertz CT molecular complexity index is 1140. The van der Waals surface area contributed by atoms with Crippen molar-refractivity contribution in [2.24, 2.45) is 11.7 Å². The van der Waals surface area contributed by atoms with Gasteiger partial charge in [0.05, 0.1) is 0 Å². The third kappa shape index (κ3) is 6.66. The fourth-order valence-corrected chi connectivity index (χ4v) is 6.39. The van der Waals surface area contributed by atoms with Gasteiger partial charge in [-0.05, 0) is 81.1 Å². The fourth-order valence-electron chi connectivity index (χ4n) is 6.39. The average molecular weight is 535 g/mol. The van der Waals surface area contributed by atoms with Crippen molar-refractivity contribution < 1.29 is 9.59 Å². The number of nitrogens with two attached hydrogens (primary N) is 1. The number of amides is 2. The maximum Gasteiger partial charge on any atom is 0.273 e. The Morgan fingerprint density at radius 3 is 2.36 bits per heavy atom. The molecular weight excluding hydrogens is 492 g/mol. The van der Waals surface area contributed by atoms with Gasteiger partial charge in [0.15, 0.2) is 11.5 Å². The van der Waals surface area contributed by atoms with E-state index in [-0.39, 0.29) is 17.5 Å². The zero-order chi connectivity index (χ0) is 27.4. The van der Waals surface area contributed by atoms with E-state index in [1.54, 1.807) is 19.0 Å². The summed E-state index contributed by atoms with van der Waals surface area (Å²) in [6.07, 6.45) is 10.3. The number of benzene rings is 1. The lowest BCUT2D eigenvalue weighted by Gasteiger charge is -2.36. The molecule has 5 rings (SSSR count). The summed E-state index contributed by atoms with van der Waals surface area (Å²) in [5, 5.41) is 11.6. The second-order valence-corrected chi connectivity index (χ2v) is 11.6. The minimum Gasteiger partial charge on any atom is -0.364 e. The van der Waals surface area contributed by atoms with E-state index in [2.05, 4.69) is 37.5 Å². The lowest BCUT2D eigenvalue weighted by molar-refractivity contribution is -0.129. The molecule has 3 heterocycles. The Balaban J connectivity index is 1.24. The number of carbonyl (C=O) groups excluding carboxylic acids is 2. The Labute approximate surface area is 231 Å². The molecule has 3 fully saturated rings. The first-order valence-corrected chi connectivity index (χ1v) is 14.5. The number of hydrogen-bond acceptors (Lipinski definition) is 8. The van der Waals surface area contributed by atoms with Gasteiger partial charge in [-0.1, -0.05) is 25.0 Å². The summed E-state index contributed by atoms with van der Waals surface area (Å²) in [7, 11) is 3.56. The van der Waals surface area contributed by atoms with Crippen LogP contribution >= 0.6 is 0 Å². The van der Waals surface area contributed by atoms with Gasteiger partial charge < -0.3 is 25.8 Å². The van der Waals surface area contributed by atoms with Gasteiger partial charge in [-0.3, -0.25) is 9.59 Å². The molecule has 10 heteroatoms. The first-order chi connectivity index (χ1) is 18.9. The van der Waals surface area contributed by atoms with E-state index < -0.39 is 5.91 Å². The van der Waals surface area contributed by atoms with Crippen molar-refractivity contribution in [2.45, 2.75) is 69.7 Å². The molecule has 2 amide bonds. The van der Waals surface area contributed by atoms with E-state index in [9.17, 15) is 9.59 Å². The molecule has 39 heavy (non-hydrogen) atoms. The van der Waals surface area contributed by atoms with E-state index in [4.69, 9.17) is 5.73 Å². The second-order valence-electron chi connectivity index (χ2n) is 11.6. The zero-order valence-electron chi connectivity index (χ0n) is 23.3. The van der Waals surface area contributed by atoms with Crippen LogP contribution in [0.1, 0.15) is 79.8 Å². The number of carbonyl (C=O) groups is 2. The van der Waals surface area contributed by atoms with Gasteiger partial charge >= 0.3 is 0 Å². The second kappa shape index (κ2) is 12.3. The third-order valence-corrected chi connectivity index (χ3v) is 8.69. The van der Waals surface area contributed by atoms with E-state index in [1.807, 2.05) is 17.0 Å². The van der Waals surface area contributed by atoms with Gasteiger partial charge in [-0.2, -0.15) is 4.98 Å². The molecule has 1 aromatic carbocycles. The number of aromatic nitrogens is 3. The van der Waals surface area contributed by atoms with Crippen LogP contribution < -0.4 is 16.0 Å². The number of likely N-dealkylation sites (tertiary alicyclic amines) is 1. The van der Waals surface area contributed by atoms with Crippen molar-refractivity contribution in [3.05, 3.63) is 35.5 Å². The van der Waals surface area contributed by atoms with Crippen LogP contribution in [-0.2, 0) is 4.79 Å². The van der Waals surface area contributed by atoms with Crippen LogP contribution in [0.2, 0.25) is 0 Å². The van der Waals surface area contributed by atoms with Gasteiger partial charge in [0, 0.05) is 45.3 Å². The molecule has 0 spiro atoms. The summed E-state index contributed by atoms with van der Waals surface area (Å²) in [5.74, 6) is 0.989. The lowest BCUT2D eigenvalue weighted by Crippen LogP contribution is -2.39. The Morgan fingerprint density at radius 2 is 1.69 bits per heavy atom. The number of nitrogens with zero attached hydrogens (tertiary/aromatic N) is 6. The van der Waals surface area contributed by atoms with Crippen LogP contribution in [0.15, 0.2) is 24.3 Å². The number of rotatable bonds is 8. The highest BCUT2D eigenvalue weighted by Crippen LogP contribution is 2.33. The molecule has 1 aromatic heterocycles. The summed E-state index contributed by atoms with van der Waals surface area (Å²) in [6, 6.07) is 9.23. The summed E-state index contributed by atoms with van der Waals surface area (Å²) < 4.78 is 0. The Kier molecular flexibility index (Phi) is 8.60. The maximum atomic E-state index is 12.2. The normalized spacial score (nSPS) is 21.2. The molecule has 0 bridgehead atoms. The molecule has 2 aliphatic heterocycles. The number of primary amides is 1. The molecule has 1 saturated carbocycles. The lowest BCUT2D eigenvalue weighted by atomic mass is 9.88. The van der Waals surface area contributed by atoms with Crippen LogP contribution in [0.4, 0.5) is 17.5 Å². The highest BCUT2D eigenvalue weighted by atomic mass is 16.2. The molecular formula is C29H42N8O2. The van der Waals surface area contributed by atoms with Crippen LogP contribution in [0.3, 0.4) is 0 Å². The molecule has 0 unspecified atom stereocenters. The smallest absolute Gasteiger partial charge is 0.273 e. The first kappa shape index (κ1) is 27.3. The van der Waals surface area contributed by atoms with E-state index in [0.717, 1.165) is 31.1 Å². The molecule has 10 nitrogen and oxygen atoms in total. The largest absolute Gasteiger partial charge is 0.364 e. The summed E-state index contributed by atoms with van der Waals surface area (Å²) in [6.45, 7) is 3.82. The fraction of sp³-hybridized carbons (Fsp3) is 0.621. The standard InChI is InChI=1S/C29H42N8O2/c1-35(2)25(38)18-20-6-5-15-37(19-20)29-32-28(26(27(30)39)33-34-29)31-23-11-9-21(10-12-23)22-13-16-36(17-14-22)24-7-3-4-8-24/h9-12,20,22,24H,3-8,13-19H2,1-2H3,(H2,30,39)(H,31,32,34)/t20-/m0/s1. The van der Waals surface area contributed by atoms with Gasteiger partial charge in [0.25, 0.3) is 5.91 Å². The van der Waals surface area contributed by atoms with E-state index in [0.29, 0.717) is 30.6 Å². The van der Waals surface area contributed by atoms with Gasteiger partial charge in [-0.25, -0.2) is 0 Å². The summed E-state index contributed by atoms with van der Waals surface area (Å²) in [4.78, 5) is 35.4. The van der Waals surface area contributed by atoms with Gasteiger partial charge in [0.2, 0.25) is 11.9 Å². The van der Waals surface area contributed by atoms with Crippen LogP contribution in [0, 0.1) is 5.92 Å². The van der Waals surface area contributed by atoms with Crippen molar-refractivity contribution in [2.75, 3.05) is 50.5 Å². The van der Waals surface area contributed by atoms with Crippen molar-refractivity contribution >= 4 is 29.3 Å². The monoisotopic (exact) mass is 534 g/mol. The van der Waals surface area contributed by atoms with Crippen LogP contribution in [-0.4, -0.2) is 83.1 Å². The molecule has 3 N–H and O–H groups in total. The quantitative estimate of drug-likeness (QED) is 0.528. The molecule has 3 aliphatic rings. The number of hydrogen-bond donors (Lipinski definition) is 2. The third-order valence-electron chi connectivity index (χ3n) is 8.69. The van der Waals surface area contributed by atoms with Crippen molar-refractivity contribution in [3.8, 4) is 0 Å². The topological polar surface area (TPSA) is 121 Å². The molecule has 2 aromatic rings. The minimum absolute atomic E-state index is 0.0125. The first-order valence-electron chi connectivity index (χ1n) is 14.5. The van der Waals surface area contributed by atoms with Crippen molar-refractivity contribution in [3.63, 3.8) is 0 Å². The van der Waals surface area contributed by atoms with E-state index in [1.165, 1.54) is 57.2 Å². The van der Waals surface area contributed by atoms with Gasteiger partial charge in [0.1, 0.15) is 0 Å². The predicted octanol–water partition coefficient (Wildman–Crippen LogP) is 3.53. The Hall–Kier alpha value is -3.27. The summed E-state index contributed by atoms with van der Waals surface area (Å²) >= 11 is 0. The number of nitrogens with one attached hydrogen (secondary N) is 1. The molecule has 210 valence electrons. The van der Waals surface area contributed by atoms with Crippen molar-refractivity contribution in [1.82, 2.24) is 25.0 Å². The Morgan fingerprint density at radius 1 is 0.974 bits per heavy atom. The SMILES string of the molecule is CN(C)C(=O)C[C@@H]1CCCN(c2nnc(C(N)=O)c(Nc3ccc(C4CCN(C5CCCC5)CC4)cc3)n2)C1. The van der Waals surface area contributed by atoms with Crippen LogP contribution in [0.5, 0.6) is 0 Å². The van der Waals surface area contributed by atoms with E-state index >= 15 is 0 Å². The number of anilines is 3.